The zero-order valence-electron chi connectivity index (χ0n) is 9.13. The fourth-order valence-electron chi connectivity index (χ4n) is 1.86. The molecule has 0 aliphatic carbocycles. The van der Waals surface area contributed by atoms with Gasteiger partial charge in [0.25, 0.3) is 0 Å². The van der Waals surface area contributed by atoms with E-state index >= 15 is 0 Å². The van der Waals surface area contributed by atoms with Gasteiger partial charge in [0, 0.05) is 19.3 Å². The van der Waals surface area contributed by atoms with Gasteiger partial charge in [0.2, 0.25) is 5.95 Å². The molecule has 3 rings (SSSR count). The summed E-state index contributed by atoms with van der Waals surface area (Å²) in [5, 5.41) is 4.06. The number of hydrogen-bond acceptors (Lipinski definition) is 3. The molecule has 6 heteroatoms. The van der Waals surface area contributed by atoms with E-state index in [1.807, 2.05) is 0 Å². The zero-order chi connectivity index (χ0) is 12.0. The molecule has 5 nitrogen and oxygen atoms in total. The van der Waals surface area contributed by atoms with Gasteiger partial charge in [-0.15, -0.1) is 0 Å². The third kappa shape index (κ3) is 1.45. The minimum atomic E-state index is -0.317. The van der Waals surface area contributed by atoms with Gasteiger partial charge < -0.3 is 5.73 Å². The highest BCUT2D eigenvalue weighted by Gasteiger charge is 2.11. The van der Waals surface area contributed by atoms with E-state index in [0.717, 1.165) is 5.69 Å². The summed E-state index contributed by atoms with van der Waals surface area (Å²) < 4.78 is 16.6. The fourth-order valence-corrected chi connectivity index (χ4v) is 1.86. The topological polar surface area (TPSA) is 61.7 Å². The Morgan fingerprint density at radius 2 is 2.18 bits per heavy atom. The first-order chi connectivity index (χ1) is 8.15. The second-order valence-electron chi connectivity index (χ2n) is 3.81. The zero-order valence-corrected chi connectivity index (χ0v) is 9.13. The third-order valence-corrected chi connectivity index (χ3v) is 2.59. The van der Waals surface area contributed by atoms with Gasteiger partial charge in [-0.25, -0.2) is 9.37 Å². The molecule has 3 aromatic rings. The quantitative estimate of drug-likeness (QED) is 0.690. The van der Waals surface area contributed by atoms with Gasteiger partial charge in [-0.1, -0.05) is 0 Å². The second-order valence-corrected chi connectivity index (χ2v) is 3.81. The van der Waals surface area contributed by atoms with Gasteiger partial charge in [0.1, 0.15) is 5.82 Å². The van der Waals surface area contributed by atoms with Crippen LogP contribution in [0.15, 0.2) is 30.6 Å². The first-order valence-corrected chi connectivity index (χ1v) is 5.07. The number of aromatic nitrogens is 4. The van der Waals surface area contributed by atoms with Gasteiger partial charge >= 0.3 is 0 Å². The molecule has 1 aromatic carbocycles. The number of benzene rings is 1. The average Bonchev–Trinajstić information content (AvgIpc) is 2.81. The van der Waals surface area contributed by atoms with Gasteiger partial charge in [-0.05, 0) is 12.1 Å². The molecule has 0 saturated heterocycles. The molecule has 0 aliphatic heterocycles. The molecule has 0 fully saturated rings. The highest BCUT2D eigenvalue weighted by atomic mass is 19.1. The molecule has 0 atom stereocenters. The van der Waals surface area contributed by atoms with Crippen LogP contribution in [-0.4, -0.2) is 19.3 Å². The molecule has 17 heavy (non-hydrogen) atoms. The number of fused-ring (bicyclic) bond motifs is 1. The van der Waals surface area contributed by atoms with Crippen molar-refractivity contribution in [3.05, 3.63) is 36.4 Å². The molecule has 0 aliphatic rings. The summed E-state index contributed by atoms with van der Waals surface area (Å²) in [5.41, 5.74) is 7.89. The van der Waals surface area contributed by atoms with Crippen molar-refractivity contribution in [1.29, 1.82) is 0 Å². The number of nitrogens with two attached hydrogens (primary N) is 1. The maximum Gasteiger partial charge on any atom is 0.206 e. The van der Waals surface area contributed by atoms with Gasteiger partial charge in [-0.3, -0.25) is 9.25 Å². The maximum atomic E-state index is 13.2. The summed E-state index contributed by atoms with van der Waals surface area (Å²) in [6.45, 7) is 0. The maximum absolute atomic E-state index is 13.2. The fraction of sp³-hybridized carbons (Fsp3) is 0.0909. The van der Waals surface area contributed by atoms with E-state index in [4.69, 9.17) is 5.73 Å². The van der Waals surface area contributed by atoms with Crippen LogP contribution in [0.2, 0.25) is 0 Å². The minimum absolute atomic E-state index is 0.317. The van der Waals surface area contributed by atoms with Crippen LogP contribution in [0.5, 0.6) is 0 Å². The highest BCUT2D eigenvalue weighted by Crippen LogP contribution is 2.23. The van der Waals surface area contributed by atoms with Crippen molar-refractivity contribution in [3.63, 3.8) is 0 Å². The summed E-state index contributed by atoms with van der Waals surface area (Å²) in [6, 6.07) is 4.38. The molecular formula is C11H10FN5. The number of rotatable bonds is 1. The van der Waals surface area contributed by atoms with E-state index in [1.165, 1.54) is 12.1 Å². The summed E-state index contributed by atoms with van der Waals surface area (Å²) >= 11 is 0. The molecular weight excluding hydrogens is 221 g/mol. The molecule has 0 bridgehead atoms. The number of halogens is 1. The molecule has 86 valence electrons. The lowest BCUT2D eigenvalue weighted by atomic mass is 10.3. The largest absolute Gasteiger partial charge is 0.369 e. The number of aryl methyl sites for hydroxylation is 1. The third-order valence-electron chi connectivity index (χ3n) is 2.59. The van der Waals surface area contributed by atoms with Gasteiger partial charge in [0.05, 0.1) is 22.9 Å². The SMILES string of the molecule is Cn1cc(-n2c(N)nc3ccc(F)cc32)cn1. The molecule has 0 radical (unpaired) electrons. The van der Waals surface area contributed by atoms with E-state index < -0.39 is 0 Å². The van der Waals surface area contributed by atoms with Crippen molar-refractivity contribution in [2.24, 2.45) is 7.05 Å². The highest BCUT2D eigenvalue weighted by molar-refractivity contribution is 5.80. The predicted octanol–water partition coefficient (Wildman–Crippen LogP) is 1.48. The van der Waals surface area contributed by atoms with Crippen molar-refractivity contribution in [2.45, 2.75) is 0 Å². The number of anilines is 1. The van der Waals surface area contributed by atoms with Crippen molar-refractivity contribution in [1.82, 2.24) is 19.3 Å². The van der Waals surface area contributed by atoms with Crippen LogP contribution in [0.1, 0.15) is 0 Å². The Morgan fingerprint density at radius 1 is 1.35 bits per heavy atom. The molecule has 0 unspecified atom stereocenters. The van der Waals surface area contributed by atoms with Crippen LogP contribution >= 0.6 is 0 Å². The number of hydrogen-bond donors (Lipinski definition) is 1. The Bertz CT molecular complexity index is 697. The molecule has 0 amide bonds. The van der Waals surface area contributed by atoms with Crippen LogP contribution in [0, 0.1) is 5.82 Å². The van der Waals surface area contributed by atoms with E-state index in [1.54, 1.807) is 34.8 Å². The molecule has 0 saturated carbocycles. The van der Waals surface area contributed by atoms with Gasteiger partial charge in [0.15, 0.2) is 0 Å². The summed E-state index contributed by atoms with van der Waals surface area (Å²) in [5.74, 6) is 0.00106. The molecule has 2 aromatic heterocycles. The summed E-state index contributed by atoms with van der Waals surface area (Å²) in [4.78, 5) is 4.18. The lowest BCUT2D eigenvalue weighted by molar-refractivity contribution is 0.629. The molecule has 2 N–H and O–H groups in total. The minimum Gasteiger partial charge on any atom is -0.369 e. The first-order valence-electron chi connectivity index (χ1n) is 5.07. The van der Waals surface area contributed by atoms with Crippen LogP contribution in [0.4, 0.5) is 10.3 Å². The lowest BCUT2D eigenvalue weighted by Crippen LogP contribution is -1.99. The molecule has 2 heterocycles. The van der Waals surface area contributed by atoms with E-state index in [2.05, 4.69) is 10.1 Å². The van der Waals surface area contributed by atoms with Crippen molar-refractivity contribution < 1.29 is 4.39 Å². The van der Waals surface area contributed by atoms with Crippen LogP contribution in [0.25, 0.3) is 16.7 Å². The lowest BCUT2D eigenvalue weighted by Gasteiger charge is -2.01. The average molecular weight is 231 g/mol. The van der Waals surface area contributed by atoms with Gasteiger partial charge in [-0.2, -0.15) is 5.10 Å². The van der Waals surface area contributed by atoms with E-state index in [9.17, 15) is 4.39 Å². The second kappa shape index (κ2) is 3.31. The van der Waals surface area contributed by atoms with Crippen molar-refractivity contribution in [3.8, 4) is 5.69 Å². The smallest absolute Gasteiger partial charge is 0.206 e. The Kier molecular flexibility index (Phi) is 1.91. The van der Waals surface area contributed by atoms with Crippen LogP contribution in [-0.2, 0) is 7.05 Å². The van der Waals surface area contributed by atoms with E-state index in [0.29, 0.717) is 17.0 Å². The summed E-state index contributed by atoms with van der Waals surface area (Å²) in [7, 11) is 1.80. The number of imidazole rings is 1. The van der Waals surface area contributed by atoms with Crippen molar-refractivity contribution in [2.75, 3.05) is 5.73 Å². The monoisotopic (exact) mass is 231 g/mol. The Labute approximate surface area is 96.3 Å². The standard InChI is InChI=1S/C11H10FN5/c1-16-6-8(5-14-16)17-10-4-7(12)2-3-9(10)15-11(17)13/h2-6H,1H3,(H2,13,15). The number of nitrogens with zero attached hydrogens (tertiary/aromatic N) is 4. The Hall–Kier alpha value is -2.37. The Morgan fingerprint density at radius 3 is 2.88 bits per heavy atom. The van der Waals surface area contributed by atoms with Crippen molar-refractivity contribution >= 4 is 17.0 Å². The predicted molar refractivity (Wildman–Crippen MR) is 62.2 cm³/mol. The van der Waals surface area contributed by atoms with Crippen LogP contribution < -0.4 is 5.73 Å². The first kappa shape index (κ1) is 9.83. The number of nitrogen functional groups attached to an aromatic ring is 1. The molecule has 0 spiro atoms. The summed E-state index contributed by atoms with van der Waals surface area (Å²) in [6.07, 6.45) is 3.45. The normalized spacial score (nSPS) is 11.2. The van der Waals surface area contributed by atoms with Crippen LogP contribution in [0.3, 0.4) is 0 Å². The van der Waals surface area contributed by atoms with E-state index in [-0.39, 0.29) is 5.82 Å². The Balaban J connectivity index is 2.34.